The molecular weight excluding hydrogens is 202 g/mol. The highest BCUT2D eigenvalue weighted by Crippen LogP contribution is 2.23. The Bertz CT molecular complexity index is 181. The van der Waals surface area contributed by atoms with Crippen molar-refractivity contribution in [3.63, 3.8) is 0 Å². The van der Waals surface area contributed by atoms with Gasteiger partial charge in [-0.15, -0.1) is 11.6 Å². The number of halogens is 1. The summed E-state index contributed by atoms with van der Waals surface area (Å²) in [5.41, 5.74) is 0. The largest absolute Gasteiger partial charge is 0.390 e. The van der Waals surface area contributed by atoms with Gasteiger partial charge in [0.2, 0.25) is 5.91 Å². The van der Waals surface area contributed by atoms with E-state index < -0.39 is 6.10 Å². The van der Waals surface area contributed by atoms with Gasteiger partial charge in [-0.25, -0.2) is 0 Å². The smallest absolute Gasteiger partial charge is 0.223 e. The zero-order chi connectivity index (χ0) is 10.4. The quantitative estimate of drug-likeness (QED) is 0.700. The zero-order valence-electron chi connectivity index (χ0n) is 8.34. The standard InChI is InChI=1S/C10H18ClNO2/c11-6-9(13)7-12-10(14)8-4-2-1-3-5-8/h8-9,13H,1-7H2,(H,12,14). The maximum atomic E-state index is 11.6. The Morgan fingerprint density at radius 2 is 2.07 bits per heavy atom. The zero-order valence-corrected chi connectivity index (χ0v) is 9.09. The minimum absolute atomic E-state index is 0.0777. The molecule has 1 aliphatic carbocycles. The molecule has 0 radical (unpaired) electrons. The lowest BCUT2D eigenvalue weighted by Crippen LogP contribution is -2.37. The molecule has 1 saturated carbocycles. The molecular formula is C10H18ClNO2. The molecule has 4 heteroatoms. The lowest BCUT2D eigenvalue weighted by atomic mass is 9.89. The van der Waals surface area contributed by atoms with Crippen molar-refractivity contribution >= 4 is 17.5 Å². The van der Waals surface area contributed by atoms with Crippen molar-refractivity contribution in [1.29, 1.82) is 0 Å². The number of aliphatic hydroxyl groups is 1. The summed E-state index contributed by atoms with van der Waals surface area (Å²) in [6.07, 6.45) is 4.90. The van der Waals surface area contributed by atoms with Crippen LogP contribution in [0.1, 0.15) is 32.1 Å². The monoisotopic (exact) mass is 219 g/mol. The Balaban J connectivity index is 2.19. The van der Waals surface area contributed by atoms with Crippen molar-refractivity contribution in [1.82, 2.24) is 5.32 Å². The molecule has 0 saturated heterocycles. The Hall–Kier alpha value is -0.280. The maximum absolute atomic E-state index is 11.6. The van der Waals surface area contributed by atoms with Gasteiger partial charge >= 0.3 is 0 Å². The van der Waals surface area contributed by atoms with E-state index in [0.717, 1.165) is 25.7 Å². The molecule has 1 unspecified atom stereocenters. The van der Waals surface area contributed by atoms with Crippen LogP contribution in [-0.4, -0.2) is 29.5 Å². The van der Waals surface area contributed by atoms with E-state index >= 15 is 0 Å². The van der Waals surface area contributed by atoms with Crippen LogP contribution in [0.3, 0.4) is 0 Å². The average Bonchev–Trinajstić information content (AvgIpc) is 2.26. The summed E-state index contributed by atoms with van der Waals surface area (Å²) in [6.45, 7) is 0.277. The summed E-state index contributed by atoms with van der Waals surface area (Å²) >= 11 is 5.42. The van der Waals surface area contributed by atoms with E-state index in [0.29, 0.717) is 0 Å². The van der Waals surface area contributed by atoms with Crippen LogP contribution in [0.15, 0.2) is 0 Å². The number of alkyl halides is 1. The van der Waals surface area contributed by atoms with Crippen molar-refractivity contribution in [2.45, 2.75) is 38.2 Å². The fourth-order valence-corrected chi connectivity index (χ4v) is 1.89. The molecule has 2 N–H and O–H groups in total. The van der Waals surface area contributed by atoms with E-state index in [4.69, 9.17) is 16.7 Å². The molecule has 1 fully saturated rings. The van der Waals surface area contributed by atoms with Crippen molar-refractivity contribution in [3.8, 4) is 0 Å². The minimum atomic E-state index is -0.621. The highest BCUT2D eigenvalue weighted by atomic mass is 35.5. The van der Waals surface area contributed by atoms with Crippen molar-refractivity contribution < 1.29 is 9.90 Å². The number of hydrogen-bond donors (Lipinski definition) is 2. The molecule has 14 heavy (non-hydrogen) atoms. The first kappa shape index (κ1) is 11.8. The van der Waals surface area contributed by atoms with E-state index in [1.807, 2.05) is 0 Å². The third kappa shape index (κ3) is 3.84. The first-order valence-corrected chi connectivity index (χ1v) is 5.79. The van der Waals surface area contributed by atoms with Crippen LogP contribution in [0, 0.1) is 5.92 Å². The van der Waals surface area contributed by atoms with Gasteiger partial charge in [0, 0.05) is 12.5 Å². The molecule has 0 bridgehead atoms. The van der Waals surface area contributed by atoms with Crippen molar-refractivity contribution in [2.24, 2.45) is 5.92 Å². The number of amides is 1. The predicted molar refractivity (Wildman–Crippen MR) is 56.3 cm³/mol. The van der Waals surface area contributed by atoms with Gasteiger partial charge < -0.3 is 10.4 Å². The minimum Gasteiger partial charge on any atom is -0.390 e. The number of hydrogen-bond acceptors (Lipinski definition) is 2. The van der Waals surface area contributed by atoms with E-state index in [1.165, 1.54) is 6.42 Å². The summed E-state index contributed by atoms with van der Waals surface area (Å²) in [4.78, 5) is 11.6. The van der Waals surface area contributed by atoms with Gasteiger partial charge in [-0.2, -0.15) is 0 Å². The lowest BCUT2D eigenvalue weighted by Gasteiger charge is -2.21. The van der Waals surface area contributed by atoms with Gasteiger partial charge in [0.1, 0.15) is 0 Å². The SMILES string of the molecule is O=C(NCC(O)CCl)C1CCCCC1. The maximum Gasteiger partial charge on any atom is 0.223 e. The van der Waals surface area contributed by atoms with Crippen LogP contribution in [-0.2, 0) is 4.79 Å². The molecule has 3 nitrogen and oxygen atoms in total. The number of rotatable bonds is 4. The van der Waals surface area contributed by atoms with Gasteiger partial charge in [0.05, 0.1) is 12.0 Å². The number of aliphatic hydroxyl groups excluding tert-OH is 1. The van der Waals surface area contributed by atoms with Gasteiger partial charge in [-0.3, -0.25) is 4.79 Å². The van der Waals surface area contributed by atoms with E-state index in [9.17, 15) is 4.79 Å². The molecule has 1 amide bonds. The second-order valence-electron chi connectivity index (χ2n) is 3.89. The normalized spacial score (nSPS) is 20.4. The highest BCUT2D eigenvalue weighted by Gasteiger charge is 2.20. The number of carbonyl (C=O) groups excluding carboxylic acids is 1. The van der Waals surface area contributed by atoms with Crippen LogP contribution < -0.4 is 5.32 Å². The number of carbonyl (C=O) groups is 1. The Morgan fingerprint density at radius 1 is 1.43 bits per heavy atom. The molecule has 0 aromatic rings. The van der Waals surface area contributed by atoms with Gasteiger partial charge in [-0.05, 0) is 12.8 Å². The first-order valence-electron chi connectivity index (χ1n) is 5.25. The molecule has 0 spiro atoms. The van der Waals surface area contributed by atoms with Crippen LogP contribution in [0.5, 0.6) is 0 Å². The van der Waals surface area contributed by atoms with Crippen LogP contribution in [0.4, 0.5) is 0 Å². The third-order valence-corrected chi connectivity index (χ3v) is 3.02. The first-order chi connectivity index (χ1) is 6.74. The molecule has 82 valence electrons. The Kier molecular flexibility index (Phi) is 5.26. The highest BCUT2D eigenvalue weighted by molar-refractivity contribution is 6.18. The van der Waals surface area contributed by atoms with Crippen LogP contribution in [0.25, 0.3) is 0 Å². The molecule has 0 aliphatic heterocycles. The molecule has 0 heterocycles. The fourth-order valence-electron chi connectivity index (χ4n) is 1.78. The fraction of sp³-hybridized carbons (Fsp3) is 0.900. The Labute approximate surface area is 89.8 Å². The Morgan fingerprint density at radius 3 is 2.64 bits per heavy atom. The molecule has 1 atom stereocenters. The van der Waals surface area contributed by atoms with Gasteiger partial charge in [0.15, 0.2) is 0 Å². The van der Waals surface area contributed by atoms with Crippen molar-refractivity contribution in [3.05, 3.63) is 0 Å². The molecule has 1 aliphatic rings. The molecule has 0 aromatic heterocycles. The summed E-state index contributed by atoms with van der Waals surface area (Å²) in [6, 6.07) is 0. The summed E-state index contributed by atoms with van der Waals surface area (Å²) in [5, 5.41) is 11.9. The topological polar surface area (TPSA) is 49.3 Å². The number of nitrogens with one attached hydrogen (secondary N) is 1. The van der Waals surface area contributed by atoms with E-state index in [-0.39, 0.29) is 24.2 Å². The molecule has 0 aromatic carbocycles. The van der Waals surface area contributed by atoms with E-state index in [2.05, 4.69) is 5.32 Å². The lowest BCUT2D eigenvalue weighted by molar-refractivity contribution is -0.126. The molecule has 1 rings (SSSR count). The van der Waals surface area contributed by atoms with Crippen LogP contribution >= 0.6 is 11.6 Å². The predicted octanol–water partition coefficient (Wildman–Crippen LogP) is 1.28. The summed E-state index contributed by atoms with van der Waals surface area (Å²) in [5.74, 6) is 0.408. The van der Waals surface area contributed by atoms with Gasteiger partial charge in [-0.1, -0.05) is 19.3 Å². The second-order valence-corrected chi connectivity index (χ2v) is 4.20. The third-order valence-electron chi connectivity index (χ3n) is 2.67. The average molecular weight is 220 g/mol. The second kappa shape index (κ2) is 6.25. The van der Waals surface area contributed by atoms with Crippen molar-refractivity contribution in [2.75, 3.05) is 12.4 Å². The van der Waals surface area contributed by atoms with Gasteiger partial charge in [0.25, 0.3) is 0 Å². The van der Waals surface area contributed by atoms with E-state index in [1.54, 1.807) is 0 Å². The van der Waals surface area contributed by atoms with Crippen LogP contribution in [0.2, 0.25) is 0 Å². The summed E-state index contributed by atoms with van der Waals surface area (Å²) in [7, 11) is 0. The summed E-state index contributed by atoms with van der Waals surface area (Å²) < 4.78 is 0.